The van der Waals surface area contributed by atoms with Gasteiger partial charge in [0.15, 0.2) is 0 Å². The highest BCUT2D eigenvalue weighted by molar-refractivity contribution is 5.90. The van der Waals surface area contributed by atoms with E-state index in [1.165, 1.54) is 12.1 Å². The molecule has 2 aromatic carbocycles. The molecule has 1 N–H and O–H groups in total. The van der Waals surface area contributed by atoms with E-state index >= 15 is 0 Å². The van der Waals surface area contributed by atoms with Crippen molar-refractivity contribution in [2.75, 3.05) is 25.0 Å². The molecule has 5 heteroatoms. The predicted molar refractivity (Wildman–Crippen MR) is 97.2 cm³/mol. The molecule has 0 saturated carbocycles. The number of anilines is 1. The molecule has 1 aliphatic rings. The Kier molecular flexibility index (Phi) is 5.33. The lowest BCUT2D eigenvalue weighted by molar-refractivity contribution is 0.217. The quantitative estimate of drug-likeness (QED) is 0.887. The lowest BCUT2D eigenvalue weighted by atomic mass is 10.00. The van der Waals surface area contributed by atoms with E-state index in [0.717, 1.165) is 29.0 Å². The summed E-state index contributed by atoms with van der Waals surface area (Å²) in [4.78, 5) is 14.1. The largest absolute Gasteiger partial charge is 0.494 e. The zero-order valence-electron chi connectivity index (χ0n) is 14.2. The molecule has 0 fully saturated rings. The summed E-state index contributed by atoms with van der Waals surface area (Å²) >= 11 is 0. The van der Waals surface area contributed by atoms with Gasteiger partial charge in [-0.1, -0.05) is 18.2 Å². The minimum Gasteiger partial charge on any atom is -0.494 e. The second-order valence-electron chi connectivity index (χ2n) is 5.82. The van der Waals surface area contributed by atoms with Crippen LogP contribution in [-0.4, -0.2) is 30.6 Å². The number of halogens is 1. The minimum atomic E-state index is -0.239. The topological polar surface area (TPSA) is 41.6 Å². The normalized spacial score (nSPS) is 14.0. The number of nitrogens with zero attached hydrogens (tertiary/aromatic N) is 1. The van der Waals surface area contributed by atoms with Gasteiger partial charge >= 0.3 is 6.03 Å². The van der Waals surface area contributed by atoms with Crippen LogP contribution in [0.3, 0.4) is 0 Å². The van der Waals surface area contributed by atoms with Crippen molar-refractivity contribution in [1.29, 1.82) is 0 Å². The summed E-state index contributed by atoms with van der Waals surface area (Å²) in [6.07, 6.45) is 2.77. The van der Waals surface area contributed by atoms with Gasteiger partial charge in [0.1, 0.15) is 11.6 Å². The highest BCUT2D eigenvalue weighted by atomic mass is 19.1. The van der Waals surface area contributed by atoms with E-state index in [2.05, 4.69) is 5.32 Å². The van der Waals surface area contributed by atoms with Gasteiger partial charge in [0.05, 0.1) is 6.61 Å². The SMILES string of the molecule is CCOc1ccc(NC(=O)N2CC=C(c3ccc(F)cc3)CC2)cc1. The van der Waals surface area contributed by atoms with Gasteiger partial charge in [-0.25, -0.2) is 9.18 Å². The second-order valence-corrected chi connectivity index (χ2v) is 5.82. The fraction of sp³-hybridized carbons (Fsp3) is 0.250. The van der Waals surface area contributed by atoms with E-state index in [9.17, 15) is 9.18 Å². The molecule has 0 aromatic heterocycles. The third-order valence-corrected chi connectivity index (χ3v) is 4.13. The Morgan fingerprint density at radius 1 is 1.16 bits per heavy atom. The standard InChI is InChI=1S/C20H21FN2O2/c1-2-25-19-9-7-18(8-10-19)22-20(24)23-13-11-16(12-14-23)15-3-5-17(21)6-4-15/h3-11H,2,12-14H2,1H3,(H,22,24). The number of urea groups is 1. The fourth-order valence-electron chi connectivity index (χ4n) is 2.78. The average molecular weight is 340 g/mol. The number of nitrogens with one attached hydrogen (secondary N) is 1. The van der Waals surface area contributed by atoms with Gasteiger partial charge < -0.3 is 15.0 Å². The van der Waals surface area contributed by atoms with Crippen molar-refractivity contribution >= 4 is 17.3 Å². The lowest BCUT2D eigenvalue weighted by Crippen LogP contribution is -2.37. The van der Waals surface area contributed by atoms with Gasteiger partial charge in [0, 0.05) is 18.8 Å². The van der Waals surface area contributed by atoms with Crippen LogP contribution in [0.15, 0.2) is 54.6 Å². The van der Waals surface area contributed by atoms with Crippen LogP contribution >= 0.6 is 0 Å². The van der Waals surface area contributed by atoms with Gasteiger partial charge in [-0.05, 0) is 60.9 Å². The molecule has 0 bridgehead atoms. The van der Waals surface area contributed by atoms with Crippen molar-refractivity contribution < 1.29 is 13.9 Å². The number of carbonyl (C=O) groups is 1. The van der Waals surface area contributed by atoms with Crippen molar-refractivity contribution in [2.45, 2.75) is 13.3 Å². The highest BCUT2D eigenvalue weighted by Crippen LogP contribution is 2.23. The summed E-state index contributed by atoms with van der Waals surface area (Å²) in [6, 6.07) is 13.7. The van der Waals surface area contributed by atoms with Crippen molar-refractivity contribution in [2.24, 2.45) is 0 Å². The maximum absolute atomic E-state index is 13.0. The van der Waals surface area contributed by atoms with Crippen LogP contribution in [0, 0.1) is 5.82 Å². The third-order valence-electron chi connectivity index (χ3n) is 4.13. The Morgan fingerprint density at radius 2 is 1.88 bits per heavy atom. The Hall–Kier alpha value is -2.82. The van der Waals surface area contributed by atoms with Gasteiger partial charge in [0.2, 0.25) is 0 Å². The number of carbonyl (C=O) groups excluding carboxylic acids is 1. The minimum absolute atomic E-state index is 0.126. The fourth-order valence-corrected chi connectivity index (χ4v) is 2.78. The van der Waals surface area contributed by atoms with Crippen molar-refractivity contribution in [1.82, 2.24) is 4.90 Å². The Morgan fingerprint density at radius 3 is 2.48 bits per heavy atom. The van der Waals surface area contributed by atoms with E-state index in [1.807, 2.05) is 37.3 Å². The van der Waals surface area contributed by atoms with Gasteiger partial charge in [-0.3, -0.25) is 0 Å². The summed E-state index contributed by atoms with van der Waals surface area (Å²) in [5, 5.41) is 2.90. The van der Waals surface area contributed by atoms with Crippen molar-refractivity contribution in [3.63, 3.8) is 0 Å². The molecule has 0 atom stereocenters. The maximum Gasteiger partial charge on any atom is 0.322 e. The van der Waals surface area contributed by atoms with Crippen LogP contribution in [-0.2, 0) is 0 Å². The molecule has 1 aliphatic heterocycles. The molecule has 0 spiro atoms. The van der Waals surface area contributed by atoms with E-state index in [1.54, 1.807) is 17.0 Å². The Balaban J connectivity index is 1.58. The Bertz CT molecular complexity index is 754. The zero-order valence-corrected chi connectivity index (χ0v) is 14.2. The first-order chi connectivity index (χ1) is 12.2. The van der Waals surface area contributed by atoms with Crippen molar-refractivity contribution in [3.05, 3.63) is 66.0 Å². The average Bonchev–Trinajstić information content (AvgIpc) is 2.64. The van der Waals surface area contributed by atoms with Crippen LogP contribution in [0.2, 0.25) is 0 Å². The van der Waals surface area contributed by atoms with Crippen LogP contribution in [0.5, 0.6) is 5.75 Å². The molecular weight excluding hydrogens is 319 g/mol. The molecule has 0 unspecified atom stereocenters. The summed E-state index contributed by atoms with van der Waals surface area (Å²) in [7, 11) is 0. The molecule has 130 valence electrons. The van der Waals surface area contributed by atoms with Crippen LogP contribution in [0.25, 0.3) is 5.57 Å². The number of rotatable bonds is 4. The molecule has 2 amide bonds. The summed E-state index contributed by atoms with van der Waals surface area (Å²) in [6.45, 7) is 3.71. The number of benzene rings is 2. The first kappa shape index (κ1) is 17.0. The molecule has 0 radical (unpaired) electrons. The molecule has 2 aromatic rings. The smallest absolute Gasteiger partial charge is 0.322 e. The maximum atomic E-state index is 13.0. The summed E-state index contributed by atoms with van der Waals surface area (Å²) < 4.78 is 18.4. The van der Waals surface area contributed by atoms with E-state index in [0.29, 0.717) is 19.7 Å². The summed E-state index contributed by atoms with van der Waals surface area (Å²) in [5.74, 6) is 0.543. The van der Waals surface area contributed by atoms with E-state index in [4.69, 9.17) is 4.74 Å². The molecule has 4 nitrogen and oxygen atoms in total. The van der Waals surface area contributed by atoms with Gasteiger partial charge in [-0.15, -0.1) is 0 Å². The molecule has 25 heavy (non-hydrogen) atoms. The molecule has 0 saturated heterocycles. The third kappa shape index (κ3) is 4.38. The monoisotopic (exact) mass is 340 g/mol. The number of hydrogen-bond acceptors (Lipinski definition) is 2. The van der Waals surface area contributed by atoms with E-state index < -0.39 is 0 Å². The zero-order chi connectivity index (χ0) is 17.6. The first-order valence-electron chi connectivity index (χ1n) is 8.39. The van der Waals surface area contributed by atoms with Gasteiger partial charge in [0.25, 0.3) is 0 Å². The lowest BCUT2D eigenvalue weighted by Gasteiger charge is -2.27. The first-order valence-corrected chi connectivity index (χ1v) is 8.39. The van der Waals surface area contributed by atoms with Crippen molar-refractivity contribution in [3.8, 4) is 5.75 Å². The van der Waals surface area contributed by atoms with Crippen LogP contribution in [0.4, 0.5) is 14.9 Å². The van der Waals surface area contributed by atoms with E-state index in [-0.39, 0.29) is 11.8 Å². The molecule has 1 heterocycles. The summed E-state index contributed by atoms with van der Waals surface area (Å²) in [5.41, 5.74) is 2.89. The molecular formula is C20H21FN2O2. The highest BCUT2D eigenvalue weighted by Gasteiger charge is 2.18. The molecule has 3 rings (SSSR count). The molecule has 0 aliphatic carbocycles. The predicted octanol–water partition coefficient (Wildman–Crippen LogP) is 4.55. The number of amides is 2. The number of ether oxygens (including phenoxy) is 1. The second kappa shape index (κ2) is 7.83. The Labute approximate surface area is 146 Å². The van der Waals surface area contributed by atoms with Crippen LogP contribution in [0.1, 0.15) is 18.9 Å². The van der Waals surface area contributed by atoms with Gasteiger partial charge in [-0.2, -0.15) is 0 Å². The van der Waals surface area contributed by atoms with Crippen LogP contribution < -0.4 is 10.1 Å². The number of hydrogen-bond donors (Lipinski definition) is 1.